The van der Waals surface area contributed by atoms with Crippen molar-refractivity contribution < 1.29 is 44.8 Å². The number of pyridine rings is 2. The van der Waals surface area contributed by atoms with Crippen LogP contribution >= 0.6 is 0 Å². The van der Waals surface area contributed by atoms with E-state index in [0.29, 0.717) is 26.3 Å². The highest BCUT2D eigenvalue weighted by atomic mass is 19.4. The Labute approximate surface area is 303 Å². The van der Waals surface area contributed by atoms with E-state index in [1.807, 2.05) is 4.90 Å². The molecule has 3 atom stereocenters. The number of carbonyl (C=O) groups excluding carboxylic acids is 1. The molecule has 0 spiro atoms. The second kappa shape index (κ2) is 13.6. The lowest BCUT2D eigenvalue weighted by Crippen LogP contribution is -2.43. The van der Waals surface area contributed by atoms with Crippen LogP contribution in [0.1, 0.15) is 55.4 Å². The van der Waals surface area contributed by atoms with E-state index < -0.39 is 69.9 Å². The van der Waals surface area contributed by atoms with Crippen molar-refractivity contribution in [2.45, 2.75) is 69.4 Å². The number of anilines is 2. The van der Waals surface area contributed by atoms with Gasteiger partial charge in [0.15, 0.2) is 5.82 Å². The first-order chi connectivity index (χ1) is 25.4. The molecule has 0 saturated carbocycles. The summed E-state index contributed by atoms with van der Waals surface area (Å²) in [6.07, 6.45) is -0.460. The van der Waals surface area contributed by atoms with Crippen LogP contribution in [0.5, 0.6) is 6.01 Å². The van der Waals surface area contributed by atoms with Crippen LogP contribution < -0.4 is 15.4 Å². The summed E-state index contributed by atoms with van der Waals surface area (Å²) in [5, 5.41) is 3.26. The number of hydrogen-bond acceptors (Lipinski definition) is 12. The van der Waals surface area contributed by atoms with E-state index in [-0.39, 0.29) is 67.1 Å². The number of nitrogens with two attached hydrogens (primary N) is 1. The fraction of sp³-hybridized carbons (Fsp3) is 0.500. The number of rotatable bonds is 9. The molecule has 3 fully saturated rings. The summed E-state index contributed by atoms with van der Waals surface area (Å²) in [6, 6.07) is 0.330. The van der Waals surface area contributed by atoms with Gasteiger partial charge in [-0.1, -0.05) is 5.16 Å². The highest BCUT2D eigenvalue weighted by Gasteiger charge is 2.49. The molecule has 3 aliphatic rings. The summed E-state index contributed by atoms with van der Waals surface area (Å²) in [5.74, 6) is -6.29. The molecule has 3 saturated heterocycles. The number of carbonyl (C=O) groups is 1. The van der Waals surface area contributed by atoms with Gasteiger partial charge in [0.2, 0.25) is 11.7 Å². The number of halogens is 7. The zero-order chi connectivity index (χ0) is 38.7. The highest BCUT2D eigenvalue weighted by molar-refractivity contribution is 5.93. The van der Waals surface area contributed by atoms with E-state index in [0.717, 1.165) is 30.8 Å². The van der Waals surface area contributed by atoms with Crippen molar-refractivity contribution in [1.29, 1.82) is 0 Å². The predicted octanol–water partition coefficient (Wildman–Crippen LogP) is 5.34. The van der Waals surface area contributed by atoms with Crippen LogP contribution in [0.2, 0.25) is 0 Å². The number of nitrogen functional groups attached to an aromatic ring is 1. The number of fused-ring (bicyclic) bond motifs is 2. The molecule has 0 bridgehead atoms. The standard InChI is InChI=1S/C34H35F7N10O3/c1-17-11-21(42)44-27(24(17)34(39,40)41)28-25(36)26-20(13-43-28)29(47-31(46-26)53-16-33-8-4-9-51(33)14-18(35)12-33)49(3)19-7-10-50(15-19)23(52)6-5-22-45-30(48-54-22)32(2,37)38/h5-6,11,13,18-19H,4,7-10,12,14-16H2,1-3H3,(H2,42,44)/b6-5+/t18-,19-,33+/m1/s1. The van der Waals surface area contributed by atoms with E-state index in [1.165, 1.54) is 11.8 Å². The molecule has 2 N–H and O–H groups in total. The van der Waals surface area contributed by atoms with Gasteiger partial charge >= 0.3 is 18.1 Å². The van der Waals surface area contributed by atoms with Crippen molar-refractivity contribution in [1.82, 2.24) is 39.9 Å². The predicted molar refractivity (Wildman–Crippen MR) is 180 cm³/mol. The molecule has 54 heavy (non-hydrogen) atoms. The van der Waals surface area contributed by atoms with Crippen LogP contribution in [0, 0.1) is 12.7 Å². The first kappa shape index (κ1) is 37.2. The molecule has 0 unspecified atom stereocenters. The van der Waals surface area contributed by atoms with Gasteiger partial charge in [-0.25, -0.2) is 13.8 Å². The topological polar surface area (TPSA) is 153 Å². The van der Waals surface area contributed by atoms with Crippen molar-refractivity contribution in [3.05, 3.63) is 47.0 Å². The number of aromatic nitrogens is 6. The van der Waals surface area contributed by atoms with Gasteiger partial charge in [0.25, 0.3) is 5.89 Å². The molecule has 0 aromatic carbocycles. The molecule has 13 nitrogen and oxygen atoms in total. The molecule has 4 aromatic heterocycles. The van der Waals surface area contributed by atoms with Crippen LogP contribution in [-0.2, 0) is 16.9 Å². The van der Waals surface area contributed by atoms with E-state index in [4.69, 9.17) is 15.0 Å². The Hall–Kier alpha value is -5.14. The van der Waals surface area contributed by atoms with E-state index in [2.05, 4.69) is 30.1 Å². The van der Waals surface area contributed by atoms with Gasteiger partial charge in [-0.15, -0.1) is 0 Å². The maximum atomic E-state index is 16.6. The number of aryl methyl sites for hydroxylation is 1. The summed E-state index contributed by atoms with van der Waals surface area (Å²) in [5.41, 5.74) is 1.75. The number of likely N-dealkylation sites (N-methyl/N-ethyl adjacent to an activating group) is 1. The average Bonchev–Trinajstić information content (AvgIpc) is 3.89. The SMILES string of the molecule is Cc1cc(N)nc(-c2ncc3c(N(C)[C@@H]4CCN(C(=O)/C=C/c5nc(C(C)(F)F)no5)C4)nc(OC[C@@]45CCCN4C[C@H](F)C5)nc3c2F)c1C(F)(F)F. The Kier molecular flexibility index (Phi) is 9.38. The minimum absolute atomic E-state index is 0.00862. The molecule has 20 heteroatoms. The lowest BCUT2D eigenvalue weighted by molar-refractivity contribution is -0.137. The van der Waals surface area contributed by atoms with Crippen molar-refractivity contribution in [3.8, 4) is 17.4 Å². The van der Waals surface area contributed by atoms with Gasteiger partial charge < -0.3 is 24.8 Å². The van der Waals surface area contributed by atoms with Crippen molar-refractivity contribution >= 4 is 34.5 Å². The molecule has 0 radical (unpaired) electrons. The number of likely N-dealkylation sites (tertiary alicyclic amines) is 1. The van der Waals surface area contributed by atoms with Crippen molar-refractivity contribution in [2.75, 3.05) is 50.5 Å². The first-order valence-corrected chi connectivity index (χ1v) is 17.1. The van der Waals surface area contributed by atoms with Crippen molar-refractivity contribution in [3.63, 3.8) is 0 Å². The minimum atomic E-state index is -4.92. The fourth-order valence-corrected chi connectivity index (χ4v) is 7.56. The average molecular weight is 765 g/mol. The lowest BCUT2D eigenvalue weighted by Gasteiger charge is -2.31. The van der Waals surface area contributed by atoms with Crippen LogP contribution in [0.3, 0.4) is 0 Å². The van der Waals surface area contributed by atoms with Gasteiger partial charge in [-0.2, -0.15) is 36.9 Å². The Morgan fingerprint density at radius 2 is 1.93 bits per heavy atom. The molecule has 7 heterocycles. The Morgan fingerprint density at radius 1 is 1.15 bits per heavy atom. The Morgan fingerprint density at radius 3 is 2.65 bits per heavy atom. The third-order valence-corrected chi connectivity index (χ3v) is 10.2. The van der Waals surface area contributed by atoms with Crippen molar-refractivity contribution in [2.24, 2.45) is 0 Å². The first-order valence-electron chi connectivity index (χ1n) is 17.1. The fourth-order valence-electron chi connectivity index (χ4n) is 7.56. The van der Waals surface area contributed by atoms with Crippen LogP contribution in [0.4, 0.5) is 42.4 Å². The molecular weight excluding hydrogens is 729 g/mol. The number of hydrogen-bond donors (Lipinski definition) is 1. The third kappa shape index (κ3) is 6.98. The van der Waals surface area contributed by atoms with Gasteiger partial charge in [-0.3, -0.25) is 14.7 Å². The van der Waals surface area contributed by atoms with Crippen LogP contribution in [-0.4, -0.2) is 103 Å². The summed E-state index contributed by atoms with van der Waals surface area (Å²) >= 11 is 0. The molecule has 288 valence electrons. The minimum Gasteiger partial charge on any atom is -0.461 e. The van der Waals surface area contributed by atoms with Crippen LogP contribution in [0.25, 0.3) is 28.4 Å². The summed E-state index contributed by atoms with van der Waals surface area (Å²) in [4.78, 5) is 38.6. The largest absolute Gasteiger partial charge is 0.461 e. The monoisotopic (exact) mass is 764 g/mol. The van der Waals surface area contributed by atoms with E-state index in [1.54, 1.807) is 11.9 Å². The smallest absolute Gasteiger partial charge is 0.418 e. The summed E-state index contributed by atoms with van der Waals surface area (Å²) in [6.45, 7) is 3.14. The van der Waals surface area contributed by atoms with Gasteiger partial charge in [0.05, 0.1) is 16.5 Å². The third-order valence-electron chi connectivity index (χ3n) is 10.2. The summed E-state index contributed by atoms with van der Waals surface area (Å²) in [7, 11) is 1.64. The Bertz CT molecular complexity index is 2120. The highest BCUT2D eigenvalue weighted by Crippen LogP contribution is 2.42. The molecular formula is C34H35F7N10O3. The zero-order valence-corrected chi connectivity index (χ0v) is 29.3. The second-order valence-electron chi connectivity index (χ2n) is 14.0. The number of nitrogens with zero attached hydrogens (tertiary/aromatic N) is 9. The van der Waals surface area contributed by atoms with Gasteiger partial charge in [0, 0.05) is 64.4 Å². The zero-order valence-electron chi connectivity index (χ0n) is 29.3. The Balaban J connectivity index is 1.22. The molecule has 7 rings (SSSR count). The number of alkyl halides is 6. The molecule has 1 amide bonds. The van der Waals surface area contributed by atoms with Gasteiger partial charge in [-0.05, 0) is 44.4 Å². The van der Waals surface area contributed by atoms with E-state index in [9.17, 15) is 31.1 Å². The normalized spacial score (nSPS) is 22.1. The summed E-state index contributed by atoms with van der Waals surface area (Å²) < 4.78 is 112. The van der Waals surface area contributed by atoms with Gasteiger partial charge in [0.1, 0.15) is 41.3 Å². The quantitative estimate of drug-likeness (QED) is 0.173. The second-order valence-corrected chi connectivity index (χ2v) is 14.0. The number of ether oxygens (including phenoxy) is 1. The molecule has 3 aliphatic heterocycles. The number of amides is 1. The maximum Gasteiger partial charge on any atom is 0.418 e. The molecule has 0 aliphatic carbocycles. The molecule has 4 aromatic rings. The van der Waals surface area contributed by atoms with E-state index >= 15 is 4.39 Å². The lowest BCUT2D eigenvalue weighted by atomic mass is 9.95. The van der Waals surface area contributed by atoms with Crippen LogP contribution in [0.15, 0.2) is 22.9 Å². The maximum absolute atomic E-state index is 16.6.